The Labute approximate surface area is 130 Å². The molecule has 1 saturated carbocycles. The molecular weight excluding hydrogens is 313 g/mol. The molecule has 2 heterocycles. The van der Waals surface area contributed by atoms with Gasteiger partial charge in [0.1, 0.15) is 6.04 Å². The van der Waals surface area contributed by atoms with Crippen LogP contribution >= 0.6 is 0 Å². The Morgan fingerprint density at radius 1 is 1.39 bits per heavy atom. The van der Waals surface area contributed by atoms with Crippen molar-refractivity contribution >= 4 is 5.69 Å². The van der Waals surface area contributed by atoms with E-state index in [0.717, 1.165) is 18.7 Å². The molecule has 0 spiro atoms. The molecule has 0 aromatic carbocycles. The van der Waals surface area contributed by atoms with Gasteiger partial charge in [-0.15, -0.1) is 0 Å². The summed E-state index contributed by atoms with van der Waals surface area (Å²) in [5.41, 5.74) is 0.614. The summed E-state index contributed by atoms with van der Waals surface area (Å²) in [5, 5.41) is 7.03. The zero-order valence-corrected chi connectivity index (χ0v) is 12.3. The molecule has 3 rings (SSSR count). The molecule has 23 heavy (non-hydrogen) atoms. The quantitative estimate of drug-likeness (QED) is 0.875. The molecule has 0 aliphatic heterocycles. The largest absolute Gasteiger partial charge is 0.468 e. The van der Waals surface area contributed by atoms with Crippen molar-refractivity contribution in [3.8, 4) is 5.88 Å². The third-order valence-electron chi connectivity index (χ3n) is 3.27. The fourth-order valence-electron chi connectivity index (χ4n) is 1.95. The van der Waals surface area contributed by atoms with Crippen LogP contribution in [0.2, 0.25) is 0 Å². The van der Waals surface area contributed by atoms with Crippen molar-refractivity contribution < 1.29 is 22.4 Å². The maximum atomic E-state index is 12.1. The molecule has 9 heteroatoms. The zero-order chi connectivity index (χ0) is 16.4. The van der Waals surface area contributed by atoms with E-state index in [1.807, 2.05) is 6.92 Å². The Bertz CT molecular complexity index is 653. The second-order valence-corrected chi connectivity index (χ2v) is 5.42. The summed E-state index contributed by atoms with van der Waals surface area (Å²) in [6.45, 7) is 0.480. The highest BCUT2D eigenvalue weighted by molar-refractivity contribution is 5.43. The third kappa shape index (κ3) is 4.33. The van der Waals surface area contributed by atoms with Gasteiger partial charge in [-0.2, -0.15) is 18.2 Å². The van der Waals surface area contributed by atoms with Gasteiger partial charge in [0.25, 0.3) is 0 Å². The number of ether oxygens (including phenoxy) is 1. The lowest BCUT2D eigenvalue weighted by atomic mass is 10.3. The third-order valence-corrected chi connectivity index (χ3v) is 3.27. The van der Waals surface area contributed by atoms with Crippen LogP contribution in [0.25, 0.3) is 0 Å². The number of hydrogen-bond acceptors (Lipinski definition) is 6. The van der Waals surface area contributed by atoms with Gasteiger partial charge in [0.15, 0.2) is 12.4 Å². The first-order chi connectivity index (χ1) is 10.9. The molecule has 6 nitrogen and oxygen atoms in total. The Hall–Kier alpha value is -2.32. The number of aromatic nitrogens is 3. The van der Waals surface area contributed by atoms with E-state index >= 15 is 0 Å². The number of alkyl halides is 3. The van der Waals surface area contributed by atoms with Gasteiger partial charge in [0, 0.05) is 12.0 Å². The summed E-state index contributed by atoms with van der Waals surface area (Å²) in [6.07, 6.45) is -0.821. The molecule has 2 aromatic heterocycles. The monoisotopic (exact) mass is 328 g/mol. The second kappa shape index (κ2) is 6.05. The summed E-state index contributed by atoms with van der Waals surface area (Å²) >= 11 is 0. The number of nitrogens with one attached hydrogen (secondary N) is 1. The van der Waals surface area contributed by atoms with Gasteiger partial charge in [-0.3, -0.25) is 0 Å². The number of pyridine rings is 1. The van der Waals surface area contributed by atoms with Gasteiger partial charge >= 0.3 is 6.18 Å². The van der Waals surface area contributed by atoms with Crippen LogP contribution in [0.5, 0.6) is 5.88 Å². The van der Waals surface area contributed by atoms with Crippen LogP contribution in [0.4, 0.5) is 18.9 Å². The van der Waals surface area contributed by atoms with E-state index in [0.29, 0.717) is 17.5 Å². The van der Waals surface area contributed by atoms with E-state index in [1.54, 1.807) is 6.07 Å². The predicted octanol–water partition coefficient (Wildman–Crippen LogP) is 3.46. The van der Waals surface area contributed by atoms with E-state index in [2.05, 4.69) is 25.2 Å². The van der Waals surface area contributed by atoms with Gasteiger partial charge in [-0.25, -0.2) is 4.98 Å². The van der Waals surface area contributed by atoms with Crippen molar-refractivity contribution in [2.24, 2.45) is 0 Å². The highest BCUT2D eigenvalue weighted by Gasteiger charge is 2.30. The summed E-state index contributed by atoms with van der Waals surface area (Å²) < 4.78 is 45.9. The van der Waals surface area contributed by atoms with Crippen molar-refractivity contribution in [3.05, 3.63) is 30.0 Å². The second-order valence-electron chi connectivity index (χ2n) is 5.42. The normalized spacial score (nSPS) is 16.2. The average Bonchev–Trinajstić information content (AvgIpc) is 3.23. The molecule has 2 aromatic rings. The van der Waals surface area contributed by atoms with Crippen LogP contribution in [0, 0.1) is 0 Å². The van der Waals surface area contributed by atoms with Gasteiger partial charge < -0.3 is 14.6 Å². The van der Waals surface area contributed by atoms with E-state index in [4.69, 9.17) is 4.52 Å². The van der Waals surface area contributed by atoms with E-state index in [-0.39, 0.29) is 11.9 Å². The summed E-state index contributed by atoms with van der Waals surface area (Å²) in [7, 11) is 0. The number of hydrogen-bond donors (Lipinski definition) is 1. The molecule has 1 atom stereocenters. The van der Waals surface area contributed by atoms with Crippen LogP contribution in [-0.4, -0.2) is 27.9 Å². The number of rotatable bonds is 6. The molecule has 0 amide bonds. The van der Waals surface area contributed by atoms with Crippen molar-refractivity contribution in [1.29, 1.82) is 0 Å². The molecule has 0 radical (unpaired) electrons. The van der Waals surface area contributed by atoms with E-state index in [9.17, 15) is 13.2 Å². The molecule has 1 aliphatic carbocycles. The molecule has 0 saturated heterocycles. The number of anilines is 1. The molecule has 1 unspecified atom stereocenters. The Kier molecular flexibility index (Phi) is 4.10. The van der Waals surface area contributed by atoms with Crippen molar-refractivity contribution in [3.63, 3.8) is 0 Å². The number of halogens is 3. The molecule has 0 bridgehead atoms. The van der Waals surface area contributed by atoms with Crippen LogP contribution < -0.4 is 10.1 Å². The van der Waals surface area contributed by atoms with Crippen molar-refractivity contribution in [2.75, 3.05) is 11.9 Å². The molecule has 1 aliphatic rings. The minimum atomic E-state index is -4.38. The maximum absolute atomic E-state index is 12.1. The van der Waals surface area contributed by atoms with E-state index < -0.39 is 12.8 Å². The zero-order valence-electron chi connectivity index (χ0n) is 12.3. The molecule has 1 fully saturated rings. The highest BCUT2D eigenvalue weighted by Crippen LogP contribution is 2.38. The minimum absolute atomic E-state index is 0.0886. The number of nitrogens with zero attached hydrogens (tertiary/aromatic N) is 3. The fraction of sp³-hybridized carbons (Fsp3) is 0.500. The first kappa shape index (κ1) is 15.6. The van der Waals surface area contributed by atoms with Gasteiger partial charge in [0.05, 0.1) is 11.9 Å². The molecule has 124 valence electrons. The van der Waals surface area contributed by atoms with Gasteiger partial charge in [-0.1, -0.05) is 5.16 Å². The fourth-order valence-corrected chi connectivity index (χ4v) is 1.95. The lowest BCUT2D eigenvalue weighted by molar-refractivity contribution is -0.154. The SMILES string of the molecule is CC(Nc1ccc(OCC(F)(F)F)nc1)c1nc(C2CC2)no1. The van der Waals surface area contributed by atoms with E-state index in [1.165, 1.54) is 12.3 Å². The van der Waals surface area contributed by atoms with Crippen LogP contribution in [0.3, 0.4) is 0 Å². The van der Waals surface area contributed by atoms with Crippen molar-refractivity contribution in [1.82, 2.24) is 15.1 Å². The highest BCUT2D eigenvalue weighted by atomic mass is 19.4. The van der Waals surface area contributed by atoms with Crippen LogP contribution in [0.1, 0.15) is 43.4 Å². The summed E-state index contributed by atoms with van der Waals surface area (Å²) in [6, 6.07) is 2.70. The Morgan fingerprint density at radius 2 is 2.17 bits per heavy atom. The molecular formula is C14H15F3N4O2. The lowest BCUT2D eigenvalue weighted by Crippen LogP contribution is -2.19. The van der Waals surface area contributed by atoms with Crippen molar-refractivity contribution in [2.45, 2.75) is 37.9 Å². The maximum Gasteiger partial charge on any atom is 0.422 e. The predicted molar refractivity (Wildman–Crippen MR) is 74.1 cm³/mol. The van der Waals surface area contributed by atoms with Gasteiger partial charge in [-0.05, 0) is 25.8 Å². The van der Waals surface area contributed by atoms with Crippen LogP contribution in [-0.2, 0) is 0 Å². The Morgan fingerprint density at radius 3 is 2.78 bits per heavy atom. The van der Waals surface area contributed by atoms with Crippen LogP contribution in [0.15, 0.2) is 22.9 Å². The first-order valence-corrected chi connectivity index (χ1v) is 7.16. The summed E-state index contributed by atoms with van der Waals surface area (Å²) in [5.74, 6) is 1.51. The smallest absolute Gasteiger partial charge is 0.422 e. The minimum Gasteiger partial charge on any atom is -0.468 e. The Balaban J connectivity index is 1.56. The molecule has 1 N–H and O–H groups in total. The van der Waals surface area contributed by atoms with Gasteiger partial charge in [0.2, 0.25) is 11.8 Å². The first-order valence-electron chi connectivity index (χ1n) is 7.16. The lowest BCUT2D eigenvalue weighted by Gasteiger charge is -2.12. The topological polar surface area (TPSA) is 73.1 Å². The average molecular weight is 328 g/mol. The summed E-state index contributed by atoms with van der Waals surface area (Å²) in [4.78, 5) is 8.15. The standard InChI is InChI=1S/C14H15F3N4O2/c1-8(13-20-12(21-23-13)9-2-3-9)19-10-4-5-11(18-6-10)22-7-14(15,16)17/h4-6,8-9,19H,2-3,7H2,1H3.